The molecular weight excluding hydrogens is 270 g/mol. The summed E-state index contributed by atoms with van der Waals surface area (Å²) < 4.78 is 0. The highest BCUT2D eigenvalue weighted by molar-refractivity contribution is 6.04. The van der Waals surface area contributed by atoms with Gasteiger partial charge in [0.2, 0.25) is 0 Å². The molecule has 2 aromatic rings. The first-order valence-electron chi connectivity index (χ1n) is 6.34. The van der Waals surface area contributed by atoms with Gasteiger partial charge in [0.1, 0.15) is 5.56 Å². The summed E-state index contributed by atoms with van der Waals surface area (Å²) in [7, 11) is 1.55. The number of benzene rings is 1. The van der Waals surface area contributed by atoms with Gasteiger partial charge < -0.3 is 15.6 Å². The summed E-state index contributed by atoms with van der Waals surface area (Å²) in [5, 5.41) is 5.19. The molecule has 0 bridgehead atoms. The number of carbonyl (C=O) groups is 2. The Kier molecular flexibility index (Phi) is 4.18. The zero-order valence-electron chi connectivity index (χ0n) is 11.7. The van der Waals surface area contributed by atoms with Crippen molar-refractivity contribution in [2.45, 2.75) is 6.92 Å². The molecular formula is C15H15N3O3. The van der Waals surface area contributed by atoms with Gasteiger partial charge in [0.15, 0.2) is 5.43 Å². The van der Waals surface area contributed by atoms with Crippen LogP contribution in [0.1, 0.15) is 26.3 Å². The van der Waals surface area contributed by atoms with E-state index in [0.717, 1.165) is 5.56 Å². The zero-order chi connectivity index (χ0) is 15.4. The summed E-state index contributed by atoms with van der Waals surface area (Å²) in [5.74, 6) is -0.692. The lowest BCUT2D eigenvalue weighted by molar-refractivity contribution is 0.0962. The summed E-state index contributed by atoms with van der Waals surface area (Å²) in [4.78, 5) is 37.9. The molecule has 1 heterocycles. The van der Waals surface area contributed by atoms with Crippen molar-refractivity contribution in [1.29, 1.82) is 0 Å². The quantitative estimate of drug-likeness (QED) is 0.793. The van der Waals surface area contributed by atoms with Crippen LogP contribution in [0.25, 0.3) is 0 Å². The Labute approximate surface area is 121 Å². The fraction of sp³-hybridized carbons (Fsp3) is 0.133. The summed E-state index contributed by atoms with van der Waals surface area (Å²) in [6, 6.07) is 6.20. The Morgan fingerprint density at radius 1 is 1.14 bits per heavy atom. The fourth-order valence-corrected chi connectivity index (χ4v) is 1.87. The fourth-order valence-electron chi connectivity index (χ4n) is 1.87. The summed E-state index contributed by atoms with van der Waals surface area (Å²) >= 11 is 0. The molecule has 0 spiro atoms. The van der Waals surface area contributed by atoms with E-state index in [9.17, 15) is 14.4 Å². The molecule has 0 saturated heterocycles. The maximum absolute atomic E-state index is 12.1. The molecule has 1 aromatic heterocycles. The largest absolute Gasteiger partial charge is 0.367 e. The van der Waals surface area contributed by atoms with Crippen molar-refractivity contribution in [2.75, 3.05) is 12.4 Å². The zero-order valence-corrected chi connectivity index (χ0v) is 11.7. The number of amides is 2. The maximum Gasteiger partial charge on any atom is 0.261 e. The van der Waals surface area contributed by atoms with Crippen molar-refractivity contribution in [2.24, 2.45) is 0 Å². The van der Waals surface area contributed by atoms with E-state index < -0.39 is 5.91 Å². The van der Waals surface area contributed by atoms with Crippen molar-refractivity contribution in [3.8, 4) is 0 Å². The van der Waals surface area contributed by atoms with Crippen molar-refractivity contribution in [1.82, 2.24) is 10.3 Å². The van der Waals surface area contributed by atoms with E-state index >= 15 is 0 Å². The highest BCUT2D eigenvalue weighted by Crippen LogP contribution is 2.17. The number of pyridine rings is 1. The van der Waals surface area contributed by atoms with Gasteiger partial charge in [-0.2, -0.15) is 0 Å². The van der Waals surface area contributed by atoms with Crippen molar-refractivity contribution < 1.29 is 9.59 Å². The topological polar surface area (TPSA) is 91.1 Å². The molecule has 21 heavy (non-hydrogen) atoms. The molecule has 0 fully saturated rings. The average molecular weight is 285 g/mol. The van der Waals surface area contributed by atoms with Crippen LogP contribution in [0.3, 0.4) is 0 Å². The Morgan fingerprint density at radius 2 is 1.90 bits per heavy atom. The van der Waals surface area contributed by atoms with Gasteiger partial charge >= 0.3 is 0 Å². The number of aromatic nitrogens is 1. The predicted octanol–water partition coefficient (Wildman–Crippen LogP) is 1.30. The molecule has 0 unspecified atom stereocenters. The van der Waals surface area contributed by atoms with Crippen LogP contribution in [0.4, 0.5) is 5.69 Å². The van der Waals surface area contributed by atoms with Gasteiger partial charge in [0.25, 0.3) is 11.8 Å². The summed E-state index contributed by atoms with van der Waals surface area (Å²) in [5.41, 5.74) is 1.47. The molecule has 2 amide bonds. The van der Waals surface area contributed by atoms with Crippen LogP contribution >= 0.6 is 0 Å². The van der Waals surface area contributed by atoms with E-state index in [-0.39, 0.29) is 16.9 Å². The lowest BCUT2D eigenvalue weighted by atomic mass is 10.1. The molecule has 0 saturated carbocycles. The van der Waals surface area contributed by atoms with Gasteiger partial charge in [-0.25, -0.2) is 0 Å². The Balaban J connectivity index is 2.24. The molecule has 0 aliphatic carbocycles. The van der Waals surface area contributed by atoms with Crippen LogP contribution in [-0.4, -0.2) is 23.8 Å². The number of anilines is 1. The number of rotatable bonds is 3. The number of nitrogens with one attached hydrogen (secondary N) is 3. The number of hydrogen-bond donors (Lipinski definition) is 3. The molecule has 0 radical (unpaired) electrons. The second kappa shape index (κ2) is 6.04. The van der Waals surface area contributed by atoms with Crippen molar-refractivity contribution in [3.63, 3.8) is 0 Å². The Morgan fingerprint density at radius 3 is 2.52 bits per heavy atom. The molecule has 0 atom stereocenters. The van der Waals surface area contributed by atoms with E-state index in [0.29, 0.717) is 11.3 Å². The lowest BCUT2D eigenvalue weighted by Crippen LogP contribution is -2.21. The number of H-pyrrole nitrogens is 1. The van der Waals surface area contributed by atoms with Crippen LogP contribution in [0.2, 0.25) is 0 Å². The van der Waals surface area contributed by atoms with Crippen molar-refractivity contribution >= 4 is 17.5 Å². The molecule has 108 valence electrons. The number of aryl methyl sites for hydroxylation is 1. The van der Waals surface area contributed by atoms with Crippen LogP contribution in [-0.2, 0) is 0 Å². The first-order valence-corrected chi connectivity index (χ1v) is 6.34. The highest BCUT2D eigenvalue weighted by atomic mass is 16.2. The van der Waals surface area contributed by atoms with Crippen LogP contribution in [0.5, 0.6) is 0 Å². The van der Waals surface area contributed by atoms with Crippen molar-refractivity contribution in [3.05, 3.63) is 63.6 Å². The summed E-state index contributed by atoms with van der Waals surface area (Å²) in [6.45, 7) is 1.78. The monoisotopic (exact) mass is 285 g/mol. The minimum absolute atomic E-state index is 0.0345. The van der Waals surface area contributed by atoms with E-state index in [1.807, 2.05) is 0 Å². The van der Waals surface area contributed by atoms with E-state index in [1.165, 1.54) is 18.5 Å². The van der Waals surface area contributed by atoms with E-state index in [2.05, 4.69) is 15.6 Å². The number of hydrogen-bond acceptors (Lipinski definition) is 3. The Hall–Kier alpha value is -2.89. The second-order valence-corrected chi connectivity index (χ2v) is 4.49. The average Bonchev–Trinajstić information content (AvgIpc) is 2.48. The second-order valence-electron chi connectivity index (χ2n) is 4.49. The normalized spacial score (nSPS) is 10.0. The molecule has 0 aliphatic heterocycles. The van der Waals surface area contributed by atoms with Gasteiger partial charge in [0.05, 0.1) is 0 Å². The highest BCUT2D eigenvalue weighted by Gasteiger charge is 2.12. The van der Waals surface area contributed by atoms with Gasteiger partial charge in [-0.3, -0.25) is 14.4 Å². The number of carbonyl (C=O) groups excluding carboxylic acids is 2. The van der Waals surface area contributed by atoms with Gasteiger partial charge in [-0.05, 0) is 30.7 Å². The molecule has 2 rings (SSSR count). The van der Waals surface area contributed by atoms with Gasteiger partial charge in [-0.15, -0.1) is 0 Å². The first-order chi connectivity index (χ1) is 10.0. The first kappa shape index (κ1) is 14.5. The van der Waals surface area contributed by atoms with Crippen LogP contribution < -0.4 is 16.1 Å². The minimum Gasteiger partial charge on any atom is -0.367 e. The van der Waals surface area contributed by atoms with Crippen LogP contribution in [0, 0.1) is 6.92 Å². The smallest absolute Gasteiger partial charge is 0.261 e. The van der Waals surface area contributed by atoms with Crippen LogP contribution in [0.15, 0.2) is 41.5 Å². The third kappa shape index (κ3) is 3.17. The molecule has 3 N–H and O–H groups in total. The van der Waals surface area contributed by atoms with Gasteiger partial charge in [-0.1, -0.05) is 0 Å². The number of aromatic amines is 1. The lowest BCUT2D eigenvalue weighted by Gasteiger charge is -2.09. The summed E-state index contributed by atoms with van der Waals surface area (Å²) in [6.07, 6.45) is 2.81. The third-order valence-electron chi connectivity index (χ3n) is 3.03. The molecule has 6 nitrogen and oxygen atoms in total. The molecule has 1 aromatic carbocycles. The Bertz CT molecular complexity index is 750. The predicted molar refractivity (Wildman–Crippen MR) is 79.6 cm³/mol. The third-order valence-corrected chi connectivity index (χ3v) is 3.03. The van der Waals surface area contributed by atoms with E-state index in [4.69, 9.17) is 0 Å². The minimum atomic E-state index is -0.493. The molecule has 0 aliphatic rings. The SMILES string of the molecule is CNC(=O)c1ccc(NC(=O)c2c[nH]ccc2=O)c(C)c1. The van der Waals surface area contributed by atoms with E-state index in [1.54, 1.807) is 32.2 Å². The maximum atomic E-state index is 12.1. The van der Waals surface area contributed by atoms with Gasteiger partial charge in [0, 0.05) is 36.8 Å². The molecule has 6 heteroatoms. The standard InChI is InChI=1S/C15H15N3O3/c1-9-7-10(14(20)16-2)3-4-12(9)18-15(21)11-8-17-6-5-13(11)19/h3-8H,1-2H3,(H,16,20)(H,17,19)(H,18,21).